The SMILES string of the molecule is Cc1ccc2[nH]cc(C3=C(c4cn(CCCN5CCCCC5)c5ccc(C)cc45)C(=O)NC3=O)c2c1. The lowest BCUT2D eigenvalue weighted by molar-refractivity contribution is -0.122. The highest BCUT2D eigenvalue weighted by molar-refractivity contribution is 6.50. The summed E-state index contributed by atoms with van der Waals surface area (Å²) < 4.78 is 2.26. The molecule has 4 aromatic rings. The van der Waals surface area contributed by atoms with Crippen molar-refractivity contribution in [2.24, 2.45) is 0 Å². The Labute approximate surface area is 211 Å². The van der Waals surface area contributed by atoms with Gasteiger partial charge in [0.1, 0.15) is 0 Å². The van der Waals surface area contributed by atoms with Crippen LogP contribution in [0.15, 0.2) is 48.8 Å². The standard InChI is InChI=1S/C30H32N4O2/c1-19-7-9-25-21(15-19)23(17-31-25)27-28(30(36)32-29(27)35)24-18-34(26-10-8-20(2)16-22(24)26)14-6-13-33-11-4-3-5-12-33/h7-10,15-18,31H,3-6,11-14H2,1-2H3,(H,32,35,36). The van der Waals surface area contributed by atoms with E-state index in [-0.39, 0.29) is 11.8 Å². The van der Waals surface area contributed by atoms with Gasteiger partial charge < -0.3 is 14.5 Å². The van der Waals surface area contributed by atoms with Crippen molar-refractivity contribution in [1.82, 2.24) is 19.8 Å². The number of H-pyrrole nitrogens is 1. The highest BCUT2D eigenvalue weighted by Gasteiger charge is 2.35. The highest BCUT2D eigenvalue weighted by atomic mass is 16.2. The van der Waals surface area contributed by atoms with E-state index in [2.05, 4.69) is 57.2 Å². The lowest BCUT2D eigenvalue weighted by atomic mass is 9.95. The van der Waals surface area contributed by atoms with Gasteiger partial charge in [-0.25, -0.2) is 0 Å². The number of amides is 2. The summed E-state index contributed by atoms with van der Waals surface area (Å²) in [6.07, 6.45) is 8.91. The lowest BCUT2D eigenvalue weighted by Gasteiger charge is -2.26. The molecule has 0 bridgehead atoms. The quantitative estimate of drug-likeness (QED) is 0.374. The Bertz CT molecular complexity index is 1530. The van der Waals surface area contributed by atoms with Gasteiger partial charge in [-0.3, -0.25) is 14.9 Å². The molecule has 1 fully saturated rings. The van der Waals surface area contributed by atoms with E-state index in [4.69, 9.17) is 0 Å². The van der Waals surface area contributed by atoms with E-state index in [1.165, 1.54) is 32.4 Å². The van der Waals surface area contributed by atoms with Crippen molar-refractivity contribution in [3.05, 3.63) is 71.0 Å². The fraction of sp³-hybridized carbons (Fsp3) is 0.333. The van der Waals surface area contributed by atoms with Crippen LogP contribution in [0, 0.1) is 13.8 Å². The monoisotopic (exact) mass is 480 g/mol. The largest absolute Gasteiger partial charge is 0.361 e. The highest BCUT2D eigenvalue weighted by Crippen LogP contribution is 2.38. The number of aromatic nitrogens is 2. The predicted molar refractivity (Wildman–Crippen MR) is 145 cm³/mol. The van der Waals surface area contributed by atoms with E-state index in [1.54, 1.807) is 0 Å². The number of aryl methyl sites for hydroxylation is 3. The van der Waals surface area contributed by atoms with Crippen LogP contribution in [-0.2, 0) is 16.1 Å². The van der Waals surface area contributed by atoms with Crippen LogP contribution in [-0.4, -0.2) is 45.9 Å². The molecule has 2 aromatic carbocycles. The summed E-state index contributed by atoms with van der Waals surface area (Å²) in [6, 6.07) is 12.5. The molecule has 2 aliphatic heterocycles. The third kappa shape index (κ3) is 3.95. The molecule has 0 aliphatic carbocycles. The molecule has 2 N–H and O–H groups in total. The minimum atomic E-state index is -0.337. The molecular weight excluding hydrogens is 448 g/mol. The number of aromatic amines is 1. The molecule has 2 aromatic heterocycles. The molecule has 6 heteroatoms. The number of benzene rings is 2. The summed E-state index contributed by atoms with van der Waals surface area (Å²) in [7, 11) is 0. The Balaban J connectivity index is 1.45. The molecule has 2 amide bonds. The summed E-state index contributed by atoms with van der Waals surface area (Å²) in [5.74, 6) is -0.665. The lowest BCUT2D eigenvalue weighted by Crippen LogP contribution is -2.31. The number of fused-ring (bicyclic) bond motifs is 2. The third-order valence-electron chi connectivity index (χ3n) is 7.67. The molecule has 1 saturated heterocycles. The van der Waals surface area contributed by atoms with Crippen LogP contribution in [0.1, 0.15) is 47.9 Å². The molecule has 6 rings (SSSR count). The van der Waals surface area contributed by atoms with Crippen LogP contribution in [0.25, 0.3) is 33.0 Å². The number of hydrogen-bond donors (Lipinski definition) is 2. The Hall–Kier alpha value is -3.64. The van der Waals surface area contributed by atoms with Crippen LogP contribution in [0.3, 0.4) is 0 Å². The molecule has 0 spiro atoms. The maximum absolute atomic E-state index is 13.2. The molecule has 0 radical (unpaired) electrons. The molecule has 0 unspecified atom stereocenters. The Morgan fingerprint density at radius 2 is 1.50 bits per heavy atom. The minimum absolute atomic E-state index is 0.328. The number of hydrogen-bond acceptors (Lipinski definition) is 3. The van der Waals surface area contributed by atoms with Crippen molar-refractivity contribution in [2.45, 2.75) is 46.1 Å². The second kappa shape index (κ2) is 9.10. The average Bonchev–Trinajstić information content (AvgIpc) is 3.52. The van der Waals surface area contributed by atoms with Crippen molar-refractivity contribution >= 4 is 44.8 Å². The van der Waals surface area contributed by atoms with Crippen molar-refractivity contribution in [1.29, 1.82) is 0 Å². The molecule has 36 heavy (non-hydrogen) atoms. The predicted octanol–water partition coefficient (Wildman–Crippen LogP) is 5.18. The van der Waals surface area contributed by atoms with Crippen LogP contribution in [0.4, 0.5) is 0 Å². The van der Waals surface area contributed by atoms with Crippen molar-refractivity contribution in [3.63, 3.8) is 0 Å². The van der Waals surface area contributed by atoms with Crippen LogP contribution in [0.2, 0.25) is 0 Å². The number of carbonyl (C=O) groups excluding carboxylic acids is 2. The first kappa shape index (κ1) is 22.8. The van der Waals surface area contributed by atoms with E-state index in [1.807, 2.05) is 25.3 Å². The van der Waals surface area contributed by atoms with Gasteiger partial charge in [0, 0.05) is 51.9 Å². The Kier molecular flexibility index (Phi) is 5.76. The number of imide groups is 1. The summed E-state index contributed by atoms with van der Waals surface area (Å²) >= 11 is 0. The average molecular weight is 481 g/mol. The number of piperidine rings is 1. The Morgan fingerprint density at radius 1 is 0.806 bits per heavy atom. The second-order valence-corrected chi connectivity index (χ2v) is 10.3. The van der Waals surface area contributed by atoms with Crippen molar-refractivity contribution in [2.75, 3.05) is 19.6 Å². The van der Waals surface area contributed by atoms with Crippen molar-refractivity contribution < 1.29 is 9.59 Å². The maximum Gasteiger partial charge on any atom is 0.259 e. The summed E-state index contributed by atoms with van der Waals surface area (Å²) in [5.41, 5.74) is 6.80. The number of nitrogens with zero attached hydrogens (tertiary/aromatic N) is 2. The van der Waals surface area contributed by atoms with Crippen LogP contribution < -0.4 is 5.32 Å². The smallest absolute Gasteiger partial charge is 0.259 e. The summed E-state index contributed by atoms with van der Waals surface area (Å²) in [5, 5.41) is 4.54. The van der Waals surface area contributed by atoms with E-state index >= 15 is 0 Å². The zero-order valence-corrected chi connectivity index (χ0v) is 21.0. The molecule has 2 aliphatic rings. The molecule has 0 atom stereocenters. The zero-order chi connectivity index (χ0) is 24.8. The maximum atomic E-state index is 13.2. The topological polar surface area (TPSA) is 70.1 Å². The van der Waals surface area contributed by atoms with E-state index in [0.29, 0.717) is 11.1 Å². The molecule has 6 nitrogen and oxygen atoms in total. The van der Waals surface area contributed by atoms with Crippen LogP contribution >= 0.6 is 0 Å². The minimum Gasteiger partial charge on any atom is -0.361 e. The summed E-state index contributed by atoms with van der Waals surface area (Å²) in [4.78, 5) is 32.2. The second-order valence-electron chi connectivity index (χ2n) is 10.3. The first-order chi connectivity index (χ1) is 17.5. The van der Waals surface area contributed by atoms with Gasteiger partial charge >= 0.3 is 0 Å². The van der Waals surface area contributed by atoms with Gasteiger partial charge in [0.25, 0.3) is 11.8 Å². The van der Waals surface area contributed by atoms with E-state index in [9.17, 15) is 9.59 Å². The first-order valence-corrected chi connectivity index (χ1v) is 13.0. The first-order valence-electron chi connectivity index (χ1n) is 13.0. The van der Waals surface area contributed by atoms with Gasteiger partial charge in [-0.2, -0.15) is 0 Å². The van der Waals surface area contributed by atoms with Crippen molar-refractivity contribution in [3.8, 4) is 0 Å². The fourth-order valence-corrected chi connectivity index (χ4v) is 5.85. The number of carbonyl (C=O) groups is 2. The van der Waals surface area contributed by atoms with Gasteiger partial charge in [0.05, 0.1) is 11.1 Å². The fourth-order valence-electron chi connectivity index (χ4n) is 5.85. The molecule has 184 valence electrons. The third-order valence-corrected chi connectivity index (χ3v) is 7.67. The molecule has 0 saturated carbocycles. The molecular formula is C30H32N4O2. The number of nitrogens with one attached hydrogen (secondary N) is 2. The van der Waals surface area contributed by atoms with Gasteiger partial charge in [0.15, 0.2) is 0 Å². The number of rotatable bonds is 6. The van der Waals surface area contributed by atoms with E-state index < -0.39 is 0 Å². The van der Waals surface area contributed by atoms with Gasteiger partial charge in [0.2, 0.25) is 0 Å². The van der Waals surface area contributed by atoms with E-state index in [0.717, 1.165) is 63.6 Å². The van der Waals surface area contributed by atoms with Gasteiger partial charge in [-0.1, -0.05) is 29.7 Å². The molecule has 4 heterocycles. The van der Waals surface area contributed by atoms with Gasteiger partial charge in [-0.05, 0) is 77.0 Å². The number of likely N-dealkylation sites (tertiary alicyclic amines) is 1. The van der Waals surface area contributed by atoms with Crippen LogP contribution in [0.5, 0.6) is 0 Å². The normalized spacial score (nSPS) is 17.1. The van der Waals surface area contributed by atoms with Gasteiger partial charge in [-0.15, -0.1) is 0 Å². The summed E-state index contributed by atoms with van der Waals surface area (Å²) in [6.45, 7) is 8.45. The zero-order valence-electron chi connectivity index (χ0n) is 21.0. The Morgan fingerprint density at radius 3 is 2.28 bits per heavy atom.